The first-order valence-electron chi connectivity index (χ1n) is 5.00. The Labute approximate surface area is 103 Å². The fourth-order valence-corrected chi connectivity index (χ4v) is 1.69. The fraction of sp³-hybridized carbons (Fsp3) is 0.667. The van der Waals surface area contributed by atoms with Crippen molar-refractivity contribution < 1.29 is 18.6 Å². The highest BCUT2D eigenvalue weighted by Gasteiger charge is 2.27. The summed E-state index contributed by atoms with van der Waals surface area (Å²) < 4.78 is 30.1. The maximum atomic E-state index is 11.9. The smallest absolute Gasteiger partial charge is 0.272 e. The molecule has 0 amide bonds. The van der Waals surface area contributed by atoms with Crippen LogP contribution in [0, 0.1) is 0 Å². The molecule has 0 unspecified atom stereocenters. The number of rotatable bonds is 3. The van der Waals surface area contributed by atoms with Crippen molar-refractivity contribution in [1.82, 2.24) is 9.78 Å². The van der Waals surface area contributed by atoms with Crippen molar-refractivity contribution in [2.75, 3.05) is 6.61 Å². The summed E-state index contributed by atoms with van der Waals surface area (Å²) in [5.74, 6) is 0.100. The maximum Gasteiger partial charge on any atom is 0.272 e. The van der Waals surface area contributed by atoms with Gasteiger partial charge in [0, 0.05) is 18.7 Å². The minimum absolute atomic E-state index is 0. The zero-order valence-electron chi connectivity index (χ0n) is 8.92. The Hall–Kier alpha value is -0.920. The molecule has 2 atom stereocenters. The predicted octanol–water partition coefficient (Wildman–Crippen LogP) is 0.713. The summed E-state index contributed by atoms with van der Waals surface area (Å²) in [4.78, 5) is 0. The Balaban J connectivity index is 0.00000144. The number of hydrogen-bond donors (Lipinski definition) is 2. The second-order valence-electron chi connectivity index (χ2n) is 3.73. The van der Waals surface area contributed by atoms with Gasteiger partial charge in [-0.15, -0.1) is 17.5 Å². The van der Waals surface area contributed by atoms with Crippen LogP contribution in [0.4, 0.5) is 8.78 Å². The van der Waals surface area contributed by atoms with Gasteiger partial charge >= 0.3 is 0 Å². The summed E-state index contributed by atoms with van der Waals surface area (Å²) in [7, 11) is 0. The SMILES string of the molecule is Cl.N[C@H]1CCn2nc(OCC(F)F)cc2[C@@H]1O. The first kappa shape index (κ1) is 14.1. The third-order valence-electron chi connectivity index (χ3n) is 2.53. The maximum absolute atomic E-state index is 11.9. The molecular weight excluding hydrogens is 256 g/mol. The molecule has 2 heterocycles. The van der Waals surface area contributed by atoms with Crippen molar-refractivity contribution >= 4 is 12.4 Å². The summed E-state index contributed by atoms with van der Waals surface area (Å²) >= 11 is 0. The Morgan fingerprint density at radius 2 is 2.35 bits per heavy atom. The summed E-state index contributed by atoms with van der Waals surface area (Å²) in [6, 6.07) is 1.11. The van der Waals surface area contributed by atoms with Gasteiger partial charge in [-0.1, -0.05) is 0 Å². The van der Waals surface area contributed by atoms with E-state index < -0.39 is 19.1 Å². The largest absolute Gasteiger partial charge is 0.471 e. The lowest BCUT2D eigenvalue weighted by atomic mass is 10.0. The van der Waals surface area contributed by atoms with E-state index >= 15 is 0 Å². The van der Waals surface area contributed by atoms with Crippen LogP contribution in [0.3, 0.4) is 0 Å². The monoisotopic (exact) mass is 269 g/mol. The second-order valence-corrected chi connectivity index (χ2v) is 3.73. The zero-order chi connectivity index (χ0) is 11.7. The fourth-order valence-electron chi connectivity index (χ4n) is 1.69. The summed E-state index contributed by atoms with van der Waals surface area (Å²) in [6.45, 7) is -0.135. The van der Waals surface area contributed by atoms with Gasteiger partial charge in [0.1, 0.15) is 6.10 Å². The normalized spacial score (nSPS) is 23.1. The van der Waals surface area contributed by atoms with Gasteiger partial charge in [-0.2, -0.15) is 0 Å². The van der Waals surface area contributed by atoms with Crippen LogP contribution < -0.4 is 10.5 Å². The van der Waals surface area contributed by atoms with Crippen LogP contribution in [0.2, 0.25) is 0 Å². The number of fused-ring (bicyclic) bond motifs is 1. The molecule has 3 N–H and O–H groups in total. The van der Waals surface area contributed by atoms with Gasteiger partial charge in [0.25, 0.3) is 6.43 Å². The van der Waals surface area contributed by atoms with E-state index in [0.29, 0.717) is 18.7 Å². The summed E-state index contributed by atoms with van der Waals surface area (Å²) in [6.07, 6.45) is -2.75. The van der Waals surface area contributed by atoms with Crippen LogP contribution in [0.5, 0.6) is 5.88 Å². The number of aryl methyl sites for hydroxylation is 1. The van der Waals surface area contributed by atoms with E-state index in [4.69, 9.17) is 10.5 Å². The molecule has 5 nitrogen and oxygen atoms in total. The van der Waals surface area contributed by atoms with E-state index in [0.717, 1.165) is 0 Å². The van der Waals surface area contributed by atoms with Crippen LogP contribution in [0.25, 0.3) is 0 Å². The second kappa shape index (κ2) is 5.61. The average molecular weight is 270 g/mol. The van der Waals surface area contributed by atoms with E-state index in [1.807, 2.05) is 0 Å². The van der Waals surface area contributed by atoms with E-state index in [2.05, 4.69) is 5.10 Å². The Morgan fingerprint density at radius 3 is 3.00 bits per heavy atom. The standard InChI is InChI=1S/C9H13F2N3O2.ClH/c10-7(11)4-16-8-3-6-9(15)5(12)1-2-14(6)13-8;/h3,5,7,9,15H,1-2,4,12H2;1H/t5-,9+;/m0./s1. The predicted molar refractivity (Wildman–Crippen MR) is 58.5 cm³/mol. The number of hydrogen-bond acceptors (Lipinski definition) is 4. The van der Waals surface area contributed by atoms with E-state index in [1.165, 1.54) is 10.7 Å². The number of halogens is 3. The molecule has 1 aliphatic rings. The molecule has 2 rings (SSSR count). The molecule has 0 spiro atoms. The van der Waals surface area contributed by atoms with Crippen molar-refractivity contribution in [3.63, 3.8) is 0 Å². The van der Waals surface area contributed by atoms with Crippen molar-refractivity contribution in [3.8, 4) is 5.88 Å². The van der Waals surface area contributed by atoms with Gasteiger partial charge in [-0.3, -0.25) is 4.68 Å². The lowest BCUT2D eigenvalue weighted by Crippen LogP contribution is -2.35. The molecule has 17 heavy (non-hydrogen) atoms. The van der Waals surface area contributed by atoms with Gasteiger partial charge < -0.3 is 15.6 Å². The molecule has 0 radical (unpaired) electrons. The van der Waals surface area contributed by atoms with Crippen molar-refractivity contribution in [2.24, 2.45) is 5.73 Å². The molecule has 1 aliphatic heterocycles. The molecular formula is C9H14ClF2N3O2. The van der Waals surface area contributed by atoms with Gasteiger partial charge in [0.05, 0.1) is 5.69 Å². The van der Waals surface area contributed by atoms with Crippen LogP contribution >= 0.6 is 12.4 Å². The van der Waals surface area contributed by atoms with Gasteiger partial charge in [0.15, 0.2) is 6.61 Å². The quantitative estimate of drug-likeness (QED) is 0.848. The Kier molecular flexibility index (Phi) is 4.67. The highest BCUT2D eigenvalue weighted by molar-refractivity contribution is 5.85. The van der Waals surface area contributed by atoms with E-state index in [-0.39, 0.29) is 24.3 Å². The van der Waals surface area contributed by atoms with Crippen LogP contribution in [-0.2, 0) is 6.54 Å². The molecule has 8 heteroatoms. The Bertz CT molecular complexity index is 375. The average Bonchev–Trinajstić information content (AvgIpc) is 2.64. The van der Waals surface area contributed by atoms with Gasteiger partial charge in [0.2, 0.25) is 5.88 Å². The molecule has 0 saturated carbocycles. The number of aliphatic hydroxyl groups is 1. The molecule has 1 aromatic rings. The van der Waals surface area contributed by atoms with E-state index in [9.17, 15) is 13.9 Å². The highest BCUT2D eigenvalue weighted by atomic mass is 35.5. The van der Waals surface area contributed by atoms with Gasteiger partial charge in [-0.25, -0.2) is 8.78 Å². The lowest BCUT2D eigenvalue weighted by Gasteiger charge is -2.24. The number of aliphatic hydroxyl groups excluding tert-OH is 1. The number of alkyl halides is 2. The molecule has 1 aromatic heterocycles. The summed E-state index contributed by atoms with van der Waals surface area (Å²) in [5, 5.41) is 13.7. The molecule has 0 bridgehead atoms. The third-order valence-corrected chi connectivity index (χ3v) is 2.53. The van der Waals surface area contributed by atoms with Gasteiger partial charge in [-0.05, 0) is 6.42 Å². The highest BCUT2D eigenvalue weighted by Crippen LogP contribution is 2.26. The summed E-state index contributed by atoms with van der Waals surface area (Å²) in [5.41, 5.74) is 6.19. The van der Waals surface area contributed by atoms with Crippen LogP contribution in [-0.4, -0.2) is 34.0 Å². The Morgan fingerprint density at radius 1 is 1.65 bits per heavy atom. The molecule has 0 fully saturated rings. The topological polar surface area (TPSA) is 73.3 Å². The van der Waals surface area contributed by atoms with Crippen molar-refractivity contribution in [1.29, 1.82) is 0 Å². The zero-order valence-corrected chi connectivity index (χ0v) is 9.74. The van der Waals surface area contributed by atoms with Crippen molar-refractivity contribution in [2.45, 2.75) is 31.5 Å². The number of aromatic nitrogens is 2. The van der Waals surface area contributed by atoms with E-state index in [1.54, 1.807) is 0 Å². The minimum Gasteiger partial charge on any atom is -0.471 e. The number of ether oxygens (including phenoxy) is 1. The molecule has 0 saturated heterocycles. The number of nitrogens with zero attached hydrogens (tertiary/aromatic N) is 2. The number of nitrogens with two attached hydrogens (primary N) is 1. The van der Waals surface area contributed by atoms with Crippen molar-refractivity contribution in [3.05, 3.63) is 11.8 Å². The minimum atomic E-state index is -2.54. The first-order valence-corrected chi connectivity index (χ1v) is 5.00. The van der Waals surface area contributed by atoms with Crippen LogP contribution in [0.15, 0.2) is 6.07 Å². The molecule has 0 aromatic carbocycles. The molecule has 0 aliphatic carbocycles. The lowest BCUT2D eigenvalue weighted by molar-refractivity contribution is 0.0790. The van der Waals surface area contributed by atoms with Crippen LogP contribution in [0.1, 0.15) is 18.2 Å². The third kappa shape index (κ3) is 3.05. The first-order chi connectivity index (χ1) is 7.58. The molecule has 98 valence electrons.